The smallest absolute Gasteiger partial charge is 0.138 e. The van der Waals surface area contributed by atoms with Crippen LogP contribution in [0.1, 0.15) is 49.8 Å². The average Bonchev–Trinajstić information content (AvgIpc) is 3.18. The van der Waals surface area contributed by atoms with Crippen LogP contribution < -0.4 is 10.6 Å². The molecule has 1 saturated carbocycles. The third-order valence-electron chi connectivity index (χ3n) is 5.07. The van der Waals surface area contributed by atoms with Gasteiger partial charge in [-0.1, -0.05) is 25.7 Å². The molecule has 1 atom stereocenters. The van der Waals surface area contributed by atoms with Crippen LogP contribution in [0.5, 0.6) is 0 Å². The highest BCUT2D eigenvalue weighted by Crippen LogP contribution is 2.30. The summed E-state index contributed by atoms with van der Waals surface area (Å²) in [5, 5.41) is 8.45. The minimum Gasteiger partial charge on any atom is -0.380 e. The summed E-state index contributed by atoms with van der Waals surface area (Å²) in [5.41, 5.74) is 0. The molecule has 1 aliphatic heterocycles. The van der Waals surface area contributed by atoms with Crippen LogP contribution in [0.3, 0.4) is 0 Å². The first-order valence-electron chi connectivity index (χ1n) is 9.19. The molecule has 2 aromatic heterocycles. The van der Waals surface area contributed by atoms with Gasteiger partial charge in [0.05, 0.1) is 12.0 Å². The maximum Gasteiger partial charge on any atom is 0.138 e. The molecule has 146 valence electrons. The molecule has 0 bridgehead atoms. The highest BCUT2D eigenvalue weighted by molar-refractivity contribution is 7.18. The fourth-order valence-electron chi connectivity index (χ4n) is 3.67. The first-order valence-corrected chi connectivity index (χ1v) is 10.0. The summed E-state index contributed by atoms with van der Waals surface area (Å²) in [6.07, 6.45) is 10.7. The SMILES string of the molecule is Cl.Cl.c1nc(NC2CCCCCC2)c2cc(CN[C@H]3CCOC3)sc2n1. The standard InChI is InChI=1S/C18H26N4OS.2ClH/c1-2-4-6-13(5-3-1)22-17-16-9-15(24-18(16)21-12-20-17)10-19-14-7-8-23-11-14;;/h9,12-14,19H,1-8,10-11H2,(H,20,21,22);2*1H/t14-;;/m0../s1. The largest absolute Gasteiger partial charge is 0.380 e. The Balaban J connectivity index is 0.00000121. The summed E-state index contributed by atoms with van der Waals surface area (Å²) < 4.78 is 5.43. The quantitative estimate of drug-likeness (QED) is 0.697. The predicted molar refractivity (Wildman–Crippen MR) is 113 cm³/mol. The van der Waals surface area contributed by atoms with Crippen molar-refractivity contribution in [3.63, 3.8) is 0 Å². The number of aromatic nitrogens is 2. The van der Waals surface area contributed by atoms with Crippen molar-refractivity contribution in [2.75, 3.05) is 18.5 Å². The Kier molecular flexibility index (Phi) is 8.84. The third-order valence-corrected chi connectivity index (χ3v) is 6.11. The van der Waals surface area contributed by atoms with E-state index in [1.807, 2.05) is 0 Å². The lowest BCUT2D eigenvalue weighted by molar-refractivity contribution is 0.190. The number of rotatable bonds is 5. The van der Waals surface area contributed by atoms with Gasteiger partial charge in [-0.3, -0.25) is 0 Å². The van der Waals surface area contributed by atoms with Crippen molar-refractivity contribution in [1.82, 2.24) is 15.3 Å². The molecule has 1 aliphatic carbocycles. The van der Waals surface area contributed by atoms with Crippen molar-refractivity contribution in [1.29, 1.82) is 0 Å². The van der Waals surface area contributed by atoms with Crippen LogP contribution in [-0.4, -0.2) is 35.3 Å². The molecule has 8 heteroatoms. The zero-order valence-electron chi connectivity index (χ0n) is 14.9. The fraction of sp³-hybridized carbons (Fsp3) is 0.667. The Morgan fingerprint density at radius 3 is 2.58 bits per heavy atom. The van der Waals surface area contributed by atoms with Crippen molar-refractivity contribution in [2.24, 2.45) is 0 Å². The Bertz CT molecular complexity index is 670. The van der Waals surface area contributed by atoms with Crippen LogP contribution in [0, 0.1) is 0 Å². The number of fused-ring (bicyclic) bond motifs is 1. The van der Waals surface area contributed by atoms with Crippen LogP contribution in [0.2, 0.25) is 0 Å². The number of thiophene rings is 1. The molecule has 0 unspecified atom stereocenters. The molecule has 0 aromatic carbocycles. The van der Waals surface area contributed by atoms with E-state index >= 15 is 0 Å². The zero-order valence-corrected chi connectivity index (χ0v) is 17.4. The van der Waals surface area contributed by atoms with E-state index in [2.05, 4.69) is 26.7 Å². The van der Waals surface area contributed by atoms with E-state index in [0.717, 1.165) is 36.8 Å². The second kappa shape index (κ2) is 10.6. The highest BCUT2D eigenvalue weighted by Gasteiger charge is 2.17. The van der Waals surface area contributed by atoms with E-state index in [1.54, 1.807) is 17.7 Å². The van der Waals surface area contributed by atoms with Gasteiger partial charge < -0.3 is 15.4 Å². The fourth-order valence-corrected chi connectivity index (χ4v) is 4.61. The first-order chi connectivity index (χ1) is 11.9. The van der Waals surface area contributed by atoms with E-state index in [0.29, 0.717) is 12.1 Å². The minimum atomic E-state index is 0. The summed E-state index contributed by atoms with van der Waals surface area (Å²) >= 11 is 1.77. The Morgan fingerprint density at radius 2 is 1.85 bits per heavy atom. The van der Waals surface area contributed by atoms with Gasteiger partial charge in [0.15, 0.2) is 0 Å². The summed E-state index contributed by atoms with van der Waals surface area (Å²) in [5.74, 6) is 1.01. The van der Waals surface area contributed by atoms with E-state index in [9.17, 15) is 0 Å². The molecular formula is C18H28Cl2N4OS. The van der Waals surface area contributed by atoms with Gasteiger partial charge in [0.2, 0.25) is 0 Å². The molecule has 0 radical (unpaired) electrons. The van der Waals surface area contributed by atoms with Gasteiger partial charge in [-0.2, -0.15) is 0 Å². The van der Waals surface area contributed by atoms with Crippen molar-refractivity contribution in [2.45, 2.75) is 63.6 Å². The molecule has 1 saturated heterocycles. The van der Waals surface area contributed by atoms with Gasteiger partial charge in [0, 0.05) is 30.1 Å². The van der Waals surface area contributed by atoms with Gasteiger partial charge in [-0.15, -0.1) is 36.2 Å². The molecule has 26 heavy (non-hydrogen) atoms. The Hall–Kier alpha value is -0.660. The number of anilines is 1. The maximum atomic E-state index is 5.43. The molecule has 2 aliphatic rings. The first kappa shape index (κ1) is 21.6. The van der Waals surface area contributed by atoms with Crippen LogP contribution in [0.15, 0.2) is 12.4 Å². The molecule has 2 N–H and O–H groups in total. The van der Waals surface area contributed by atoms with Gasteiger partial charge in [0.1, 0.15) is 17.0 Å². The van der Waals surface area contributed by atoms with E-state index in [1.165, 1.54) is 48.8 Å². The lowest BCUT2D eigenvalue weighted by Crippen LogP contribution is -2.28. The summed E-state index contributed by atoms with van der Waals surface area (Å²) in [7, 11) is 0. The van der Waals surface area contributed by atoms with Gasteiger partial charge >= 0.3 is 0 Å². The summed E-state index contributed by atoms with van der Waals surface area (Å²) in [6.45, 7) is 2.60. The Labute approximate surface area is 171 Å². The number of hydrogen-bond donors (Lipinski definition) is 2. The van der Waals surface area contributed by atoms with E-state index in [-0.39, 0.29) is 24.8 Å². The lowest BCUT2D eigenvalue weighted by atomic mass is 10.1. The molecule has 5 nitrogen and oxygen atoms in total. The van der Waals surface area contributed by atoms with Crippen LogP contribution >= 0.6 is 36.2 Å². The topological polar surface area (TPSA) is 59.1 Å². The van der Waals surface area contributed by atoms with Crippen molar-refractivity contribution >= 4 is 52.2 Å². The maximum absolute atomic E-state index is 5.43. The van der Waals surface area contributed by atoms with E-state index in [4.69, 9.17) is 4.74 Å². The molecule has 3 heterocycles. The highest BCUT2D eigenvalue weighted by atomic mass is 35.5. The number of nitrogens with one attached hydrogen (secondary N) is 2. The van der Waals surface area contributed by atoms with Crippen LogP contribution in [-0.2, 0) is 11.3 Å². The normalized spacial score (nSPS) is 21.0. The zero-order chi connectivity index (χ0) is 16.2. The number of hydrogen-bond acceptors (Lipinski definition) is 6. The number of halogens is 2. The molecular weight excluding hydrogens is 391 g/mol. The monoisotopic (exact) mass is 418 g/mol. The summed E-state index contributed by atoms with van der Waals surface area (Å²) in [6, 6.07) is 3.30. The predicted octanol–water partition coefficient (Wildman–Crippen LogP) is 4.55. The van der Waals surface area contributed by atoms with Crippen molar-refractivity contribution in [3.8, 4) is 0 Å². The van der Waals surface area contributed by atoms with E-state index < -0.39 is 0 Å². The third kappa shape index (κ3) is 5.42. The molecule has 2 aromatic rings. The molecule has 4 rings (SSSR count). The molecule has 2 fully saturated rings. The lowest BCUT2D eigenvalue weighted by Gasteiger charge is -2.17. The van der Waals surface area contributed by atoms with Crippen LogP contribution in [0.25, 0.3) is 10.2 Å². The Morgan fingerprint density at radius 1 is 1.04 bits per heavy atom. The second-order valence-electron chi connectivity index (χ2n) is 6.93. The van der Waals surface area contributed by atoms with Crippen LogP contribution in [0.4, 0.5) is 5.82 Å². The number of nitrogens with zero attached hydrogens (tertiary/aromatic N) is 2. The minimum absolute atomic E-state index is 0. The van der Waals surface area contributed by atoms with Gasteiger partial charge in [0.25, 0.3) is 0 Å². The average molecular weight is 419 g/mol. The van der Waals surface area contributed by atoms with Crippen molar-refractivity contribution < 1.29 is 4.74 Å². The van der Waals surface area contributed by atoms with Gasteiger partial charge in [-0.25, -0.2) is 9.97 Å². The summed E-state index contributed by atoms with van der Waals surface area (Å²) in [4.78, 5) is 11.4. The molecule has 0 amide bonds. The molecule has 0 spiro atoms. The number of ether oxygens (including phenoxy) is 1. The van der Waals surface area contributed by atoms with Crippen molar-refractivity contribution in [3.05, 3.63) is 17.3 Å². The second-order valence-corrected chi connectivity index (χ2v) is 8.04. The van der Waals surface area contributed by atoms with Gasteiger partial charge in [-0.05, 0) is 25.3 Å².